The van der Waals surface area contributed by atoms with Gasteiger partial charge in [-0.15, -0.1) is 0 Å². The van der Waals surface area contributed by atoms with Gasteiger partial charge in [-0.1, -0.05) is 19.9 Å². The van der Waals surface area contributed by atoms with Crippen LogP contribution in [0.3, 0.4) is 0 Å². The van der Waals surface area contributed by atoms with Crippen LogP contribution in [0.25, 0.3) is 0 Å². The number of hydrogen-bond acceptors (Lipinski definition) is 5. The molecule has 1 aliphatic rings. The summed E-state index contributed by atoms with van der Waals surface area (Å²) in [6.07, 6.45) is 4.70. The summed E-state index contributed by atoms with van der Waals surface area (Å²) in [6.45, 7) is 5.67. The Bertz CT molecular complexity index is 333. The lowest BCUT2D eigenvalue weighted by Gasteiger charge is -2.19. The highest BCUT2D eigenvalue weighted by molar-refractivity contribution is 5.29. The maximum atomic E-state index is 8.53. The minimum absolute atomic E-state index is 0.0605. The van der Waals surface area contributed by atoms with Gasteiger partial charge >= 0.3 is 0 Å². The van der Waals surface area contributed by atoms with Crippen molar-refractivity contribution in [3.63, 3.8) is 0 Å². The lowest BCUT2D eigenvalue weighted by atomic mass is 9.89. The van der Waals surface area contributed by atoms with Gasteiger partial charge in [0.05, 0.1) is 31.2 Å². The number of hydrogen-bond donors (Lipinski definition) is 2. The van der Waals surface area contributed by atoms with E-state index in [0.717, 1.165) is 17.8 Å². The summed E-state index contributed by atoms with van der Waals surface area (Å²) < 4.78 is 5.15. The molecule has 0 amide bonds. The van der Waals surface area contributed by atoms with E-state index in [9.17, 15) is 0 Å². The Hall–Kier alpha value is -1.04. The zero-order valence-electron chi connectivity index (χ0n) is 10.5. The third-order valence-electron chi connectivity index (χ3n) is 2.61. The van der Waals surface area contributed by atoms with Crippen molar-refractivity contribution in [3.05, 3.63) is 23.5 Å². The van der Waals surface area contributed by atoms with Crippen molar-refractivity contribution >= 4 is 0 Å². The minimum Gasteiger partial charge on any atom is -0.394 e. The molecule has 0 aliphatic carbocycles. The Labute approximate surface area is 102 Å². The fourth-order valence-corrected chi connectivity index (χ4v) is 1.30. The van der Waals surface area contributed by atoms with E-state index in [1.54, 1.807) is 0 Å². The number of allylic oxidation sites excluding steroid dienone is 1. The van der Waals surface area contributed by atoms with E-state index in [1.165, 1.54) is 0 Å². The van der Waals surface area contributed by atoms with Gasteiger partial charge in [0.1, 0.15) is 0 Å². The molecule has 1 heterocycles. The summed E-state index contributed by atoms with van der Waals surface area (Å²) in [6, 6.07) is 0. The average Bonchev–Trinajstić information content (AvgIpc) is 2.78. The van der Waals surface area contributed by atoms with Crippen molar-refractivity contribution in [2.75, 3.05) is 26.4 Å². The molecule has 3 N–H and O–H groups in total. The molecule has 5 nitrogen and oxygen atoms in total. The van der Waals surface area contributed by atoms with Crippen LogP contribution in [0.15, 0.2) is 33.8 Å². The predicted molar refractivity (Wildman–Crippen MR) is 66.4 cm³/mol. The second kappa shape index (κ2) is 6.64. The molecule has 5 heteroatoms. The van der Waals surface area contributed by atoms with Crippen molar-refractivity contribution in [3.8, 4) is 0 Å². The average molecular weight is 239 g/mol. The number of aliphatic hydroxyl groups is 1. The van der Waals surface area contributed by atoms with Gasteiger partial charge in [-0.05, 0) is 12.5 Å². The molecule has 0 bridgehead atoms. The summed E-state index contributed by atoms with van der Waals surface area (Å²) in [7, 11) is 0. The van der Waals surface area contributed by atoms with Crippen LogP contribution in [0, 0.1) is 5.41 Å². The van der Waals surface area contributed by atoms with Gasteiger partial charge in [0, 0.05) is 12.0 Å². The van der Waals surface area contributed by atoms with Crippen molar-refractivity contribution in [2.24, 2.45) is 21.4 Å². The van der Waals surface area contributed by atoms with Gasteiger partial charge in [0.2, 0.25) is 0 Å². The molecule has 0 atom stereocenters. The molecule has 1 aliphatic heterocycles. The number of ether oxygens (including phenoxy) is 1. The third kappa shape index (κ3) is 4.38. The number of aliphatic hydroxyl groups excluding tert-OH is 1. The molecule has 0 fully saturated rings. The van der Waals surface area contributed by atoms with E-state index in [2.05, 4.69) is 10.2 Å². The van der Waals surface area contributed by atoms with Crippen molar-refractivity contribution < 1.29 is 9.84 Å². The van der Waals surface area contributed by atoms with E-state index in [4.69, 9.17) is 15.6 Å². The van der Waals surface area contributed by atoms with E-state index in [0.29, 0.717) is 19.8 Å². The molecule has 96 valence electrons. The fourth-order valence-electron chi connectivity index (χ4n) is 1.30. The van der Waals surface area contributed by atoms with Gasteiger partial charge in [-0.2, -0.15) is 10.2 Å². The van der Waals surface area contributed by atoms with Crippen LogP contribution in [0.2, 0.25) is 0 Å². The Balaban J connectivity index is 2.43. The van der Waals surface area contributed by atoms with E-state index in [-0.39, 0.29) is 12.0 Å². The molecular formula is C12H21N3O2. The topological polar surface area (TPSA) is 80.2 Å². The van der Waals surface area contributed by atoms with Crippen LogP contribution >= 0.6 is 0 Å². The van der Waals surface area contributed by atoms with Crippen LogP contribution in [0.1, 0.15) is 20.3 Å². The monoisotopic (exact) mass is 239 g/mol. The van der Waals surface area contributed by atoms with Crippen LogP contribution in [-0.2, 0) is 4.74 Å². The molecule has 17 heavy (non-hydrogen) atoms. The van der Waals surface area contributed by atoms with Gasteiger partial charge < -0.3 is 15.6 Å². The van der Waals surface area contributed by atoms with E-state index < -0.39 is 0 Å². The zero-order chi connectivity index (χ0) is 12.7. The molecule has 0 spiro atoms. The van der Waals surface area contributed by atoms with E-state index in [1.807, 2.05) is 26.0 Å². The molecule has 0 aromatic heterocycles. The first-order valence-electron chi connectivity index (χ1n) is 5.83. The number of nitrogens with zero attached hydrogens (tertiary/aromatic N) is 2. The summed E-state index contributed by atoms with van der Waals surface area (Å²) in [5, 5.41) is 16.7. The normalized spacial score (nSPS) is 17.9. The fraction of sp³-hybridized carbons (Fsp3) is 0.667. The summed E-state index contributed by atoms with van der Waals surface area (Å²) >= 11 is 0. The van der Waals surface area contributed by atoms with E-state index >= 15 is 0 Å². The quantitative estimate of drug-likeness (QED) is 0.662. The minimum atomic E-state index is -0.132. The van der Waals surface area contributed by atoms with Gasteiger partial charge in [-0.25, -0.2) is 0 Å². The van der Waals surface area contributed by atoms with Crippen LogP contribution < -0.4 is 5.73 Å². The summed E-state index contributed by atoms with van der Waals surface area (Å²) in [5.74, 6) is 0. The maximum absolute atomic E-state index is 8.53. The van der Waals surface area contributed by atoms with Gasteiger partial charge in [0.25, 0.3) is 0 Å². The van der Waals surface area contributed by atoms with Crippen molar-refractivity contribution in [1.29, 1.82) is 0 Å². The lowest BCUT2D eigenvalue weighted by molar-refractivity contribution is 0.0954. The summed E-state index contributed by atoms with van der Waals surface area (Å²) in [4.78, 5) is 0. The first-order chi connectivity index (χ1) is 8.10. The molecule has 0 aromatic rings. The second-order valence-corrected chi connectivity index (χ2v) is 4.57. The third-order valence-corrected chi connectivity index (χ3v) is 2.61. The molecule has 0 saturated heterocycles. The first-order valence-corrected chi connectivity index (χ1v) is 5.83. The number of rotatable bonds is 7. The first kappa shape index (κ1) is 14.0. The highest BCUT2D eigenvalue weighted by atomic mass is 16.5. The SMILES string of the molecule is CC(C)(CN)C1=C/C(=C/CCOCCO)N=N1. The standard InChI is InChI=1S/C12H21N3O2/c1-12(2,9-13)11-8-10(14-15-11)4-3-6-17-7-5-16/h4,8,16H,3,5-7,9,13H2,1-2H3/b10-4-. The highest BCUT2D eigenvalue weighted by Crippen LogP contribution is 2.31. The van der Waals surface area contributed by atoms with Crippen molar-refractivity contribution in [2.45, 2.75) is 20.3 Å². The Morgan fingerprint density at radius 2 is 2.18 bits per heavy atom. The molecule has 0 radical (unpaired) electrons. The van der Waals surface area contributed by atoms with Crippen LogP contribution in [-0.4, -0.2) is 31.5 Å². The molecule has 0 aromatic carbocycles. The number of azo groups is 1. The maximum Gasteiger partial charge on any atom is 0.0837 e. The summed E-state index contributed by atoms with van der Waals surface area (Å²) in [5.41, 5.74) is 7.32. The van der Waals surface area contributed by atoms with Gasteiger partial charge in [-0.3, -0.25) is 0 Å². The molecule has 0 saturated carbocycles. The Morgan fingerprint density at radius 1 is 1.41 bits per heavy atom. The molecular weight excluding hydrogens is 218 g/mol. The second-order valence-electron chi connectivity index (χ2n) is 4.57. The highest BCUT2D eigenvalue weighted by Gasteiger charge is 2.24. The van der Waals surface area contributed by atoms with Gasteiger partial charge in [0.15, 0.2) is 0 Å². The molecule has 0 unspecified atom stereocenters. The van der Waals surface area contributed by atoms with Crippen molar-refractivity contribution in [1.82, 2.24) is 0 Å². The lowest BCUT2D eigenvalue weighted by Crippen LogP contribution is -2.24. The Kier molecular flexibility index (Phi) is 5.47. The van der Waals surface area contributed by atoms with Crippen LogP contribution in [0.4, 0.5) is 0 Å². The smallest absolute Gasteiger partial charge is 0.0837 e. The predicted octanol–water partition coefficient (Wildman–Crippen LogP) is 1.60. The largest absolute Gasteiger partial charge is 0.394 e. The molecule has 1 rings (SSSR count). The Morgan fingerprint density at radius 3 is 2.82 bits per heavy atom. The zero-order valence-corrected chi connectivity index (χ0v) is 10.5. The number of nitrogens with two attached hydrogens (primary N) is 1. The van der Waals surface area contributed by atoms with Crippen LogP contribution in [0.5, 0.6) is 0 Å².